The van der Waals surface area contributed by atoms with Gasteiger partial charge in [-0.1, -0.05) is 0 Å². The highest BCUT2D eigenvalue weighted by Crippen LogP contribution is 2.19. The molecule has 0 spiro atoms. The van der Waals surface area contributed by atoms with Gasteiger partial charge in [-0.3, -0.25) is 4.79 Å². The zero-order chi connectivity index (χ0) is 12.8. The number of amides is 1. The molecule has 4 nitrogen and oxygen atoms in total. The number of nitrogens with two attached hydrogens (primary N) is 1. The normalized spacial score (nSPS) is 18.1. The van der Waals surface area contributed by atoms with E-state index in [1.54, 1.807) is 0 Å². The SMILES string of the molecule is CC(C)N(C)CC1CCN(C(=O)CCN)CC1. The summed E-state index contributed by atoms with van der Waals surface area (Å²) in [4.78, 5) is 16.0. The molecule has 17 heavy (non-hydrogen) atoms. The van der Waals surface area contributed by atoms with Gasteiger partial charge in [0.15, 0.2) is 0 Å². The van der Waals surface area contributed by atoms with E-state index in [1.807, 2.05) is 4.90 Å². The van der Waals surface area contributed by atoms with Crippen molar-refractivity contribution in [2.24, 2.45) is 11.7 Å². The van der Waals surface area contributed by atoms with E-state index >= 15 is 0 Å². The Morgan fingerprint density at radius 2 is 2.00 bits per heavy atom. The molecule has 0 aromatic carbocycles. The number of carbonyl (C=O) groups is 1. The summed E-state index contributed by atoms with van der Waals surface area (Å²) in [5, 5.41) is 0. The summed E-state index contributed by atoms with van der Waals surface area (Å²) < 4.78 is 0. The molecule has 1 aliphatic rings. The van der Waals surface area contributed by atoms with Crippen LogP contribution in [-0.2, 0) is 4.79 Å². The molecule has 1 saturated heterocycles. The van der Waals surface area contributed by atoms with E-state index in [0.717, 1.165) is 38.4 Å². The summed E-state index contributed by atoms with van der Waals surface area (Å²) in [5.41, 5.74) is 5.41. The Balaban J connectivity index is 2.28. The average Bonchev–Trinajstić information content (AvgIpc) is 2.30. The molecule has 0 aromatic rings. The third-order valence-electron chi connectivity index (χ3n) is 3.75. The summed E-state index contributed by atoms with van der Waals surface area (Å²) in [6, 6.07) is 0.604. The van der Waals surface area contributed by atoms with E-state index in [0.29, 0.717) is 19.0 Å². The minimum Gasteiger partial charge on any atom is -0.343 e. The van der Waals surface area contributed by atoms with E-state index in [-0.39, 0.29) is 5.91 Å². The Labute approximate surface area is 105 Å². The molecule has 0 aromatic heterocycles. The van der Waals surface area contributed by atoms with Crippen LogP contribution in [0.2, 0.25) is 0 Å². The van der Waals surface area contributed by atoms with Crippen LogP contribution in [-0.4, -0.2) is 55.0 Å². The van der Waals surface area contributed by atoms with Gasteiger partial charge in [0.1, 0.15) is 0 Å². The van der Waals surface area contributed by atoms with Crippen LogP contribution in [0.25, 0.3) is 0 Å². The molecule has 1 fully saturated rings. The summed E-state index contributed by atoms with van der Waals surface area (Å²) >= 11 is 0. The third kappa shape index (κ3) is 4.64. The maximum atomic E-state index is 11.7. The van der Waals surface area contributed by atoms with E-state index in [2.05, 4.69) is 25.8 Å². The second kappa shape index (κ2) is 6.97. The summed E-state index contributed by atoms with van der Waals surface area (Å²) in [5.74, 6) is 0.965. The van der Waals surface area contributed by atoms with Gasteiger partial charge in [0.25, 0.3) is 0 Å². The van der Waals surface area contributed by atoms with Crippen molar-refractivity contribution >= 4 is 5.91 Å². The maximum absolute atomic E-state index is 11.7. The van der Waals surface area contributed by atoms with Crippen molar-refractivity contribution in [3.63, 3.8) is 0 Å². The highest BCUT2D eigenvalue weighted by Gasteiger charge is 2.23. The predicted molar refractivity (Wildman–Crippen MR) is 70.7 cm³/mol. The zero-order valence-electron chi connectivity index (χ0n) is 11.5. The second-order valence-corrected chi connectivity index (χ2v) is 5.40. The standard InChI is InChI=1S/C13H27N3O/c1-11(2)15(3)10-12-5-8-16(9-6-12)13(17)4-7-14/h11-12H,4-10,14H2,1-3H3. The van der Waals surface area contributed by atoms with Crippen LogP contribution in [0.1, 0.15) is 33.1 Å². The molecule has 2 N–H and O–H groups in total. The number of piperidine rings is 1. The average molecular weight is 241 g/mol. The molecule has 0 bridgehead atoms. The van der Waals surface area contributed by atoms with Crippen LogP contribution < -0.4 is 5.73 Å². The van der Waals surface area contributed by atoms with Crippen molar-refractivity contribution in [2.45, 2.75) is 39.2 Å². The number of likely N-dealkylation sites (tertiary alicyclic amines) is 1. The largest absolute Gasteiger partial charge is 0.343 e. The lowest BCUT2D eigenvalue weighted by atomic mass is 9.95. The molecule has 0 saturated carbocycles. The molecule has 1 heterocycles. The first-order valence-electron chi connectivity index (χ1n) is 6.72. The van der Waals surface area contributed by atoms with Crippen LogP contribution in [0.4, 0.5) is 0 Å². The molecular formula is C13H27N3O. The molecule has 0 radical (unpaired) electrons. The van der Waals surface area contributed by atoms with Crippen molar-refractivity contribution in [3.8, 4) is 0 Å². The highest BCUT2D eigenvalue weighted by atomic mass is 16.2. The quantitative estimate of drug-likeness (QED) is 0.778. The number of carbonyl (C=O) groups excluding carboxylic acids is 1. The second-order valence-electron chi connectivity index (χ2n) is 5.40. The smallest absolute Gasteiger partial charge is 0.223 e. The third-order valence-corrected chi connectivity index (χ3v) is 3.75. The first-order chi connectivity index (χ1) is 8.04. The summed E-state index contributed by atoms with van der Waals surface area (Å²) in [6.45, 7) is 7.89. The summed E-state index contributed by atoms with van der Waals surface area (Å²) in [6.07, 6.45) is 2.76. The maximum Gasteiger partial charge on any atom is 0.223 e. The van der Waals surface area contributed by atoms with Crippen LogP contribution in [0.5, 0.6) is 0 Å². The molecule has 100 valence electrons. The van der Waals surface area contributed by atoms with Gasteiger partial charge in [0, 0.05) is 38.6 Å². The fourth-order valence-electron chi connectivity index (χ4n) is 2.26. The van der Waals surface area contributed by atoms with Crippen LogP contribution >= 0.6 is 0 Å². The molecule has 1 amide bonds. The Morgan fingerprint density at radius 1 is 1.41 bits per heavy atom. The Kier molecular flexibility index (Phi) is 5.92. The van der Waals surface area contributed by atoms with E-state index in [9.17, 15) is 4.79 Å². The number of hydrogen-bond donors (Lipinski definition) is 1. The lowest BCUT2D eigenvalue weighted by Crippen LogP contribution is -2.42. The van der Waals surface area contributed by atoms with Crippen LogP contribution in [0.15, 0.2) is 0 Å². The van der Waals surface area contributed by atoms with E-state index in [1.165, 1.54) is 0 Å². The Morgan fingerprint density at radius 3 is 2.47 bits per heavy atom. The fourth-order valence-corrected chi connectivity index (χ4v) is 2.26. The van der Waals surface area contributed by atoms with Gasteiger partial charge in [0.05, 0.1) is 0 Å². The molecule has 0 unspecified atom stereocenters. The Bertz CT molecular complexity index is 235. The first kappa shape index (κ1) is 14.5. The minimum absolute atomic E-state index is 0.225. The number of rotatable bonds is 5. The van der Waals surface area contributed by atoms with Crippen molar-refractivity contribution < 1.29 is 4.79 Å². The van der Waals surface area contributed by atoms with Crippen molar-refractivity contribution in [1.29, 1.82) is 0 Å². The van der Waals surface area contributed by atoms with Crippen molar-refractivity contribution in [1.82, 2.24) is 9.80 Å². The predicted octanol–water partition coefficient (Wildman–Crippen LogP) is 0.914. The van der Waals surface area contributed by atoms with Gasteiger partial charge in [-0.05, 0) is 39.7 Å². The molecule has 0 aliphatic carbocycles. The zero-order valence-corrected chi connectivity index (χ0v) is 11.5. The fraction of sp³-hybridized carbons (Fsp3) is 0.923. The lowest BCUT2D eigenvalue weighted by Gasteiger charge is -2.35. The molecule has 0 atom stereocenters. The molecular weight excluding hydrogens is 214 g/mol. The lowest BCUT2D eigenvalue weighted by molar-refractivity contribution is -0.132. The van der Waals surface area contributed by atoms with Crippen LogP contribution in [0, 0.1) is 5.92 Å². The van der Waals surface area contributed by atoms with E-state index in [4.69, 9.17) is 5.73 Å². The van der Waals surface area contributed by atoms with Gasteiger partial charge in [-0.15, -0.1) is 0 Å². The van der Waals surface area contributed by atoms with E-state index < -0.39 is 0 Å². The molecule has 4 heteroatoms. The van der Waals surface area contributed by atoms with Gasteiger partial charge in [-0.2, -0.15) is 0 Å². The van der Waals surface area contributed by atoms with Crippen LogP contribution in [0.3, 0.4) is 0 Å². The van der Waals surface area contributed by atoms with Gasteiger partial charge in [0.2, 0.25) is 5.91 Å². The first-order valence-corrected chi connectivity index (χ1v) is 6.72. The van der Waals surface area contributed by atoms with Gasteiger partial charge in [-0.25, -0.2) is 0 Å². The van der Waals surface area contributed by atoms with Gasteiger partial charge >= 0.3 is 0 Å². The monoisotopic (exact) mass is 241 g/mol. The highest BCUT2D eigenvalue weighted by molar-refractivity contribution is 5.76. The number of nitrogens with zero attached hydrogens (tertiary/aromatic N) is 2. The molecule has 1 aliphatic heterocycles. The Hall–Kier alpha value is -0.610. The summed E-state index contributed by atoms with van der Waals surface area (Å²) in [7, 11) is 2.18. The van der Waals surface area contributed by atoms with Crippen molar-refractivity contribution in [3.05, 3.63) is 0 Å². The molecule has 1 rings (SSSR count). The topological polar surface area (TPSA) is 49.6 Å². The van der Waals surface area contributed by atoms with Crippen molar-refractivity contribution in [2.75, 3.05) is 33.2 Å². The number of hydrogen-bond acceptors (Lipinski definition) is 3. The van der Waals surface area contributed by atoms with Gasteiger partial charge < -0.3 is 15.5 Å². The minimum atomic E-state index is 0.225.